The van der Waals surface area contributed by atoms with Crippen LogP contribution in [0.15, 0.2) is 0 Å². The number of carbonyl (C=O) groups excluding carboxylic acids is 3. The molecule has 1 heterocycles. The first-order valence-corrected chi connectivity index (χ1v) is 9.83. The van der Waals surface area contributed by atoms with Crippen LogP contribution >= 0.6 is 12.6 Å². The van der Waals surface area contributed by atoms with Crippen LogP contribution in [-0.2, 0) is 19.2 Å². The Bertz CT molecular complexity index is 600. The van der Waals surface area contributed by atoms with Crippen LogP contribution in [0.3, 0.4) is 0 Å². The summed E-state index contributed by atoms with van der Waals surface area (Å²) < 4.78 is 0. The maximum atomic E-state index is 12.8. The lowest BCUT2D eigenvalue weighted by molar-refractivity contribution is -0.147. The number of hydrogen-bond acceptors (Lipinski definition) is 7. The fourth-order valence-electron chi connectivity index (χ4n) is 2.90. The van der Waals surface area contributed by atoms with E-state index in [1.807, 2.05) is 0 Å². The van der Waals surface area contributed by atoms with Gasteiger partial charge in [0.2, 0.25) is 17.7 Å². The van der Waals surface area contributed by atoms with Crippen LogP contribution in [-0.4, -0.2) is 81.4 Å². The highest BCUT2D eigenvalue weighted by molar-refractivity contribution is 7.80. The highest BCUT2D eigenvalue weighted by Crippen LogP contribution is 2.19. The summed E-state index contributed by atoms with van der Waals surface area (Å²) in [5.74, 6) is -3.10. The summed E-state index contributed by atoms with van der Waals surface area (Å²) in [5, 5.41) is 23.5. The standard InChI is InChI=1S/C17H30N4O6S/c1-8(2)12(18)15(24)19-10(7-28)16(25)21-6-4-5-11(21)14(23)20-13(9(3)22)17(26)27/h8-13,22,28H,4-7,18H2,1-3H3,(H,19,24)(H,20,23)(H,26,27). The van der Waals surface area contributed by atoms with Gasteiger partial charge in [0.25, 0.3) is 0 Å². The van der Waals surface area contributed by atoms with Crippen molar-refractivity contribution in [3.8, 4) is 0 Å². The normalized spacial score (nSPS) is 21.0. The van der Waals surface area contributed by atoms with Gasteiger partial charge in [-0.3, -0.25) is 14.4 Å². The second kappa shape index (κ2) is 10.6. The molecule has 0 bridgehead atoms. The highest BCUT2D eigenvalue weighted by atomic mass is 32.1. The topological polar surface area (TPSA) is 162 Å². The minimum absolute atomic E-state index is 0.0195. The van der Waals surface area contributed by atoms with Crippen molar-refractivity contribution in [3.63, 3.8) is 0 Å². The average molecular weight is 419 g/mol. The molecule has 10 nitrogen and oxygen atoms in total. The average Bonchev–Trinajstić information content (AvgIpc) is 3.11. The van der Waals surface area contributed by atoms with E-state index in [-0.39, 0.29) is 11.7 Å². The number of rotatable bonds is 9. The molecule has 0 aromatic carbocycles. The summed E-state index contributed by atoms with van der Waals surface area (Å²) in [6, 6.07) is -4.10. The molecule has 1 aliphatic rings. The quantitative estimate of drug-likeness (QED) is 0.244. The molecule has 5 atom stereocenters. The van der Waals surface area contributed by atoms with Crippen LogP contribution in [0.4, 0.5) is 0 Å². The van der Waals surface area contributed by atoms with Crippen molar-refractivity contribution in [1.29, 1.82) is 0 Å². The zero-order valence-corrected chi connectivity index (χ0v) is 17.2. The number of nitrogens with one attached hydrogen (secondary N) is 2. The lowest BCUT2D eigenvalue weighted by Gasteiger charge is -2.30. The lowest BCUT2D eigenvalue weighted by atomic mass is 10.0. The Kier molecular flexibility index (Phi) is 9.18. The second-order valence-electron chi connectivity index (χ2n) is 7.27. The number of carboxylic acid groups (broad SMARTS) is 1. The molecule has 5 unspecified atom stereocenters. The van der Waals surface area contributed by atoms with Gasteiger partial charge in [0.05, 0.1) is 12.1 Å². The molecule has 160 valence electrons. The molecule has 28 heavy (non-hydrogen) atoms. The maximum absolute atomic E-state index is 12.8. The SMILES string of the molecule is CC(C)C(N)C(=O)NC(CS)C(=O)N1CCCC1C(=O)NC(C(=O)O)C(C)O. The predicted molar refractivity (Wildman–Crippen MR) is 105 cm³/mol. The van der Waals surface area contributed by atoms with Crippen LogP contribution < -0.4 is 16.4 Å². The van der Waals surface area contributed by atoms with E-state index in [1.54, 1.807) is 13.8 Å². The molecule has 0 spiro atoms. The minimum atomic E-state index is -1.48. The Morgan fingerprint density at radius 1 is 1.21 bits per heavy atom. The first-order valence-electron chi connectivity index (χ1n) is 9.19. The fraction of sp³-hybridized carbons (Fsp3) is 0.765. The minimum Gasteiger partial charge on any atom is -0.480 e. The number of aliphatic hydroxyl groups is 1. The number of carbonyl (C=O) groups is 4. The number of aliphatic carboxylic acids is 1. The van der Waals surface area contributed by atoms with Gasteiger partial charge >= 0.3 is 5.97 Å². The molecule has 1 saturated heterocycles. The van der Waals surface area contributed by atoms with Crippen molar-refractivity contribution in [2.75, 3.05) is 12.3 Å². The maximum Gasteiger partial charge on any atom is 0.328 e. The number of aliphatic hydroxyl groups excluding tert-OH is 1. The number of thiol groups is 1. The molecule has 0 radical (unpaired) electrons. The van der Waals surface area contributed by atoms with E-state index in [1.165, 1.54) is 11.8 Å². The molecule has 6 N–H and O–H groups in total. The first kappa shape index (κ1) is 24.2. The van der Waals surface area contributed by atoms with E-state index in [9.17, 15) is 24.3 Å². The van der Waals surface area contributed by atoms with Gasteiger partial charge in [0.15, 0.2) is 6.04 Å². The Morgan fingerprint density at radius 3 is 2.29 bits per heavy atom. The number of nitrogens with zero attached hydrogens (tertiary/aromatic N) is 1. The first-order chi connectivity index (χ1) is 13.0. The van der Waals surface area contributed by atoms with E-state index in [0.717, 1.165) is 0 Å². The number of hydrogen-bond donors (Lipinski definition) is 6. The van der Waals surface area contributed by atoms with E-state index >= 15 is 0 Å². The predicted octanol–water partition coefficient (Wildman–Crippen LogP) is -1.67. The third-order valence-electron chi connectivity index (χ3n) is 4.70. The van der Waals surface area contributed by atoms with Gasteiger partial charge in [-0.05, 0) is 25.7 Å². The summed E-state index contributed by atoms with van der Waals surface area (Å²) in [5.41, 5.74) is 5.80. The highest BCUT2D eigenvalue weighted by Gasteiger charge is 2.39. The smallest absolute Gasteiger partial charge is 0.328 e. The summed E-state index contributed by atoms with van der Waals surface area (Å²) in [4.78, 5) is 50.0. The lowest BCUT2D eigenvalue weighted by Crippen LogP contribution is -2.58. The van der Waals surface area contributed by atoms with Crippen LogP contribution in [0.1, 0.15) is 33.6 Å². The van der Waals surface area contributed by atoms with E-state index in [4.69, 9.17) is 10.8 Å². The van der Waals surface area contributed by atoms with Crippen molar-refractivity contribution in [1.82, 2.24) is 15.5 Å². The van der Waals surface area contributed by atoms with Crippen molar-refractivity contribution in [2.45, 2.75) is 63.9 Å². The molecule has 0 aliphatic carbocycles. The molecule has 0 saturated carbocycles. The van der Waals surface area contributed by atoms with Crippen molar-refractivity contribution >= 4 is 36.3 Å². The molecule has 1 aliphatic heterocycles. The molecule has 1 rings (SSSR count). The van der Waals surface area contributed by atoms with Crippen molar-refractivity contribution in [2.24, 2.45) is 11.7 Å². The van der Waals surface area contributed by atoms with E-state index in [2.05, 4.69) is 23.3 Å². The van der Waals surface area contributed by atoms with Gasteiger partial charge in [-0.2, -0.15) is 12.6 Å². The molecular formula is C17H30N4O6S. The van der Waals surface area contributed by atoms with E-state index < -0.39 is 54.0 Å². The number of likely N-dealkylation sites (tertiary alicyclic amines) is 1. The van der Waals surface area contributed by atoms with Crippen molar-refractivity contribution < 1.29 is 29.4 Å². The third-order valence-corrected chi connectivity index (χ3v) is 5.07. The Morgan fingerprint density at radius 2 is 1.82 bits per heavy atom. The molecule has 11 heteroatoms. The number of carboxylic acids is 1. The zero-order chi connectivity index (χ0) is 21.6. The number of amides is 3. The Hall–Kier alpha value is -1.85. The molecule has 1 fully saturated rings. The number of nitrogens with two attached hydrogens (primary N) is 1. The van der Waals surface area contributed by atoms with Crippen molar-refractivity contribution in [3.05, 3.63) is 0 Å². The van der Waals surface area contributed by atoms with Gasteiger partial charge in [-0.1, -0.05) is 13.8 Å². The molecular weight excluding hydrogens is 388 g/mol. The second-order valence-corrected chi connectivity index (χ2v) is 7.63. The van der Waals surface area contributed by atoms with Gasteiger partial charge in [0.1, 0.15) is 12.1 Å². The summed E-state index contributed by atoms with van der Waals surface area (Å²) in [7, 11) is 0. The zero-order valence-electron chi connectivity index (χ0n) is 16.3. The largest absolute Gasteiger partial charge is 0.480 e. The summed E-state index contributed by atoms with van der Waals surface area (Å²) >= 11 is 4.12. The van der Waals surface area contributed by atoms with Gasteiger partial charge < -0.3 is 31.5 Å². The molecule has 0 aromatic heterocycles. The van der Waals surface area contributed by atoms with E-state index in [0.29, 0.717) is 19.4 Å². The van der Waals surface area contributed by atoms with Gasteiger partial charge in [-0.25, -0.2) is 4.79 Å². The van der Waals surface area contributed by atoms with Crippen LogP contribution in [0.25, 0.3) is 0 Å². The van der Waals surface area contributed by atoms with Crippen LogP contribution in [0.2, 0.25) is 0 Å². The van der Waals surface area contributed by atoms with Crippen LogP contribution in [0.5, 0.6) is 0 Å². The van der Waals surface area contributed by atoms with Gasteiger partial charge in [-0.15, -0.1) is 0 Å². The summed E-state index contributed by atoms with van der Waals surface area (Å²) in [6.45, 7) is 5.11. The van der Waals surface area contributed by atoms with Crippen LogP contribution in [0, 0.1) is 5.92 Å². The Balaban J connectivity index is 2.86. The fourth-order valence-corrected chi connectivity index (χ4v) is 3.15. The molecule has 3 amide bonds. The summed E-state index contributed by atoms with van der Waals surface area (Å²) in [6.07, 6.45) is -0.397. The third kappa shape index (κ3) is 6.08. The van der Waals surface area contributed by atoms with Gasteiger partial charge in [0, 0.05) is 12.3 Å². The molecule has 0 aromatic rings. The monoisotopic (exact) mass is 418 g/mol. The Labute approximate surface area is 169 Å².